The van der Waals surface area contributed by atoms with Crippen molar-refractivity contribution in [1.29, 1.82) is 0 Å². The maximum absolute atomic E-state index is 11.6. The zero-order valence-electron chi connectivity index (χ0n) is 6.25. The van der Waals surface area contributed by atoms with Gasteiger partial charge in [-0.05, 0) is 12.8 Å². The molecule has 0 heterocycles. The first-order valence-corrected chi connectivity index (χ1v) is 3.88. The van der Waals surface area contributed by atoms with Gasteiger partial charge < -0.3 is 5.32 Å². The summed E-state index contributed by atoms with van der Waals surface area (Å²) in [5.74, 6) is 0. The summed E-state index contributed by atoms with van der Waals surface area (Å²) in [6, 6.07) is 0.108. The van der Waals surface area contributed by atoms with Crippen molar-refractivity contribution in [3.63, 3.8) is 0 Å². The average Bonchev–Trinajstić information content (AvgIpc) is 2.32. The third kappa shape index (κ3) is 3.60. The molecule has 0 atom stereocenters. The molecular formula is C7H12F3N. The Kier molecular flexibility index (Phi) is 2.76. The molecule has 1 rings (SSSR count). The molecule has 0 aromatic rings. The second-order valence-electron chi connectivity index (χ2n) is 2.98. The van der Waals surface area contributed by atoms with Gasteiger partial charge in [-0.3, -0.25) is 0 Å². The topological polar surface area (TPSA) is 12.0 Å². The van der Waals surface area contributed by atoms with E-state index in [1.807, 2.05) is 0 Å². The van der Waals surface area contributed by atoms with Gasteiger partial charge in [0.1, 0.15) is 0 Å². The summed E-state index contributed by atoms with van der Waals surface area (Å²) in [6.45, 7) is -0.836. The van der Waals surface area contributed by atoms with E-state index in [1.54, 1.807) is 0 Å². The van der Waals surface area contributed by atoms with Gasteiger partial charge in [-0.1, -0.05) is 12.8 Å². The molecule has 4 heteroatoms. The number of alkyl halides is 3. The molecular weight excluding hydrogens is 155 g/mol. The molecule has 1 nitrogen and oxygen atoms in total. The summed E-state index contributed by atoms with van der Waals surface area (Å²) in [4.78, 5) is 0. The van der Waals surface area contributed by atoms with Gasteiger partial charge in [0, 0.05) is 6.04 Å². The predicted molar refractivity (Wildman–Crippen MR) is 36.3 cm³/mol. The first-order chi connectivity index (χ1) is 5.08. The summed E-state index contributed by atoms with van der Waals surface area (Å²) in [5, 5.41) is 2.50. The quantitative estimate of drug-likeness (QED) is 0.664. The van der Waals surface area contributed by atoms with Crippen LogP contribution < -0.4 is 5.32 Å². The molecule has 0 aromatic heterocycles. The maximum atomic E-state index is 11.6. The molecule has 1 saturated carbocycles. The normalized spacial score (nSPS) is 21.0. The van der Waals surface area contributed by atoms with Gasteiger partial charge in [-0.25, -0.2) is 0 Å². The van der Waals surface area contributed by atoms with Gasteiger partial charge in [0.05, 0.1) is 6.54 Å². The number of hydrogen-bond acceptors (Lipinski definition) is 1. The molecule has 0 amide bonds. The van der Waals surface area contributed by atoms with Crippen LogP contribution in [0.5, 0.6) is 0 Å². The van der Waals surface area contributed by atoms with Crippen LogP contribution in [0.4, 0.5) is 13.2 Å². The first kappa shape index (κ1) is 8.84. The Morgan fingerprint density at radius 1 is 1.18 bits per heavy atom. The van der Waals surface area contributed by atoms with E-state index in [4.69, 9.17) is 0 Å². The van der Waals surface area contributed by atoms with E-state index in [-0.39, 0.29) is 6.04 Å². The van der Waals surface area contributed by atoms with Crippen LogP contribution in [0.3, 0.4) is 0 Å². The van der Waals surface area contributed by atoms with E-state index in [9.17, 15) is 13.2 Å². The fraction of sp³-hybridized carbons (Fsp3) is 1.00. The Bertz CT molecular complexity index is 115. The van der Waals surface area contributed by atoms with E-state index in [0.29, 0.717) is 0 Å². The maximum Gasteiger partial charge on any atom is 0.401 e. The zero-order chi connectivity index (χ0) is 8.32. The van der Waals surface area contributed by atoms with Gasteiger partial charge in [0.15, 0.2) is 0 Å². The molecule has 0 aromatic carbocycles. The van der Waals surface area contributed by atoms with E-state index >= 15 is 0 Å². The second kappa shape index (κ2) is 3.43. The number of nitrogens with one attached hydrogen (secondary N) is 1. The molecule has 1 N–H and O–H groups in total. The molecule has 0 unspecified atom stereocenters. The molecule has 0 saturated heterocycles. The summed E-state index contributed by atoms with van der Waals surface area (Å²) in [7, 11) is 0. The molecule has 1 aliphatic rings. The molecule has 66 valence electrons. The van der Waals surface area contributed by atoms with Crippen LogP contribution in [0.15, 0.2) is 0 Å². The Labute approximate surface area is 64.0 Å². The largest absolute Gasteiger partial charge is 0.401 e. The monoisotopic (exact) mass is 167 g/mol. The highest BCUT2D eigenvalue weighted by molar-refractivity contribution is 4.74. The lowest BCUT2D eigenvalue weighted by molar-refractivity contribution is -0.126. The highest BCUT2D eigenvalue weighted by Crippen LogP contribution is 2.19. The minimum absolute atomic E-state index is 0.108. The van der Waals surface area contributed by atoms with Crippen molar-refractivity contribution in [1.82, 2.24) is 5.32 Å². The van der Waals surface area contributed by atoms with E-state index < -0.39 is 12.7 Å². The SMILES string of the molecule is FC(F)(F)CNC1CCCC1. The van der Waals surface area contributed by atoms with Crippen LogP contribution in [-0.2, 0) is 0 Å². The van der Waals surface area contributed by atoms with Crippen molar-refractivity contribution in [2.24, 2.45) is 0 Å². The number of rotatable bonds is 2. The van der Waals surface area contributed by atoms with Crippen LogP contribution in [-0.4, -0.2) is 18.8 Å². The number of hydrogen-bond donors (Lipinski definition) is 1. The lowest BCUT2D eigenvalue weighted by atomic mass is 10.2. The molecule has 1 fully saturated rings. The molecule has 0 aliphatic heterocycles. The summed E-state index contributed by atoms with van der Waals surface area (Å²) in [6.07, 6.45) is -0.125. The van der Waals surface area contributed by atoms with Crippen LogP contribution in [0.25, 0.3) is 0 Å². The molecule has 0 bridgehead atoms. The summed E-state index contributed by atoms with van der Waals surface area (Å²) < 4.78 is 34.9. The lowest BCUT2D eigenvalue weighted by Crippen LogP contribution is -2.35. The summed E-state index contributed by atoms with van der Waals surface area (Å²) >= 11 is 0. The van der Waals surface area contributed by atoms with Crippen LogP contribution in [0.2, 0.25) is 0 Å². The Morgan fingerprint density at radius 3 is 2.18 bits per heavy atom. The van der Waals surface area contributed by atoms with Gasteiger partial charge in [0.25, 0.3) is 0 Å². The summed E-state index contributed by atoms with van der Waals surface area (Å²) in [5.41, 5.74) is 0. The Morgan fingerprint density at radius 2 is 1.73 bits per heavy atom. The lowest BCUT2D eigenvalue weighted by Gasteiger charge is -2.13. The smallest absolute Gasteiger partial charge is 0.306 e. The highest BCUT2D eigenvalue weighted by atomic mass is 19.4. The van der Waals surface area contributed by atoms with Crippen molar-refractivity contribution in [2.45, 2.75) is 37.9 Å². The Balaban J connectivity index is 2.11. The third-order valence-corrected chi connectivity index (χ3v) is 1.95. The predicted octanol–water partition coefficient (Wildman–Crippen LogP) is 2.08. The van der Waals surface area contributed by atoms with Gasteiger partial charge in [-0.15, -0.1) is 0 Å². The zero-order valence-corrected chi connectivity index (χ0v) is 6.25. The van der Waals surface area contributed by atoms with Crippen molar-refractivity contribution < 1.29 is 13.2 Å². The van der Waals surface area contributed by atoms with Crippen molar-refractivity contribution in [2.75, 3.05) is 6.54 Å². The van der Waals surface area contributed by atoms with Crippen LogP contribution >= 0.6 is 0 Å². The second-order valence-corrected chi connectivity index (χ2v) is 2.98. The molecule has 0 radical (unpaired) electrons. The van der Waals surface area contributed by atoms with Gasteiger partial charge >= 0.3 is 6.18 Å². The van der Waals surface area contributed by atoms with Crippen molar-refractivity contribution >= 4 is 0 Å². The van der Waals surface area contributed by atoms with E-state index in [0.717, 1.165) is 25.7 Å². The van der Waals surface area contributed by atoms with Crippen LogP contribution in [0.1, 0.15) is 25.7 Å². The number of halogens is 3. The van der Waals surface area contributed by atoms with Crippen molar-refractivity contribution in [3.8, 4) is 0 Å². The average molecular weight is 167 g/mol. The van der Waals surface area contributed by atoms with Crippen LogP contribution in [0, 0.1) is 0 Å². The molecule has 11 heavy (non-hydrogen) atoms. The van der Waals surface area contributed by atoms with Gasteiger partial charge in [0.2, 0.25) is 0 Å². The van der Waals surface area contributed by atoms with E-state index in [1.165, 1.54) is 0 Å². The fourth-order valence-corrected chi connectivity index (χ4v) is 1.39. The third-order valence-electron chi connectivity index (χ3n) is 1.95. The van der Waals surface area contributed by atoms with Gasteiger partial charge in [-0.2, -0.15) is 13.2 Å². The highest BCUT2D eigenvalue weighted by Gasteiger charge is 2.28. The van der Waals surface area contributed by atoms with Crippen molar-refractivity contribution in [3.05, 3.63) is 0 Å². The minimum atomic E-state index is -4.05. The molecule has 1 aliphatic carbocycles. The first-order valence-electron chi connectivity index (χ1n) is 3.88. The fourth-order valence-electron chi connectivity index (χ4n) is 1.39. The standard InChI is InChI=1S/C7H12F3N/c8-7(9,10)5-11-6-3-1-2-4-6/h6,11H,1-5H2. The minimum Gasteiger partial charge on any atom is -0.306 e. The Hall–Kier alpha value is -0.250. The van der Waals surface area contributed by atoms with E-state index in [2.05, 4.69) is 5.32 Å². The molecule has 0 spiro atoms.